The van der Waals surface area contributed by atoms with Crippen molar-refractivity contribution >= 4 is 67.0 Å². The Morgan fingerprint density at radius 2 is 1.82 bits per heavy atom. The monoisotopic (exact) mass is 725 g/mol. The molecule has 15 nitrogen and oxygen atoms in total. The van der Waals surface area contributed by atoms with E-state index in [0.717, 1.165) is 6.07 Å². The molecule has 51 heavy (non-hydrogen) atoms. The van der Waals surface area contributed by atoms with Gasteiger partial charge in [-0.2, -0.15) is 8.42 Å². The fraction of sp³-hybridized carbons (Fsp3) is 0.364. The maximum atomic E-state index is 15.7. The zero-order valence-corrected chi connectivity index (χ0v) is 28.0. The Kier molecular flexibility index (Phi) is 8.53. The van der Waals surface area contributed by atoms with E-state index in [-0.39, 0.29) is 54.0 Å². The SMILES string of the molecule is CCn1c(=O)n(C2CCC(=O)NC2=O)c2ccc([C@@H]3CCN(CC(=O)Nc4ccc5c(F)c(N6CC(=O)NS6(=O)=O)c(O)cc5c4)C[C@H]3F)cc21. The number of imide groups is 1. The van der Waals surface area contributed by atoms with Crippen molar-refractivity contribution < 1.29 is 41.5 Å². The summed E-state index contributed by atoms with van der Waals surface area (Å²) in [5, 5.41) is 15.6. The molecule has 0 aliphatic carbocycles. The molecule has 0 spiro atoms. The van der Waals surface area contributed by atoms with Crippen molar-refractivity contribution in [3.63, 3.8) is 0 Å². The van der Waals surface area contributed by atoms with Crippen LogP contribution >= 0.6 is 0 Å². The van der Waals surface area contributed by atoms with Crippen molar-refractivity contribution in [2.24, 2.45) is 0 Å². The van der Waals surface area contributed by atoms with Crippen molar-refractivity contribution in [1.82, 2.24) is 24.1 Å². The van der Waals surface area contributed by atoms with Gasteiger partial charge < -0.3 is 10.4 Å². The third-order valence-corrected chi connectivity index (χ3v) is 11.0. The number of nitrogens with zero attached hydrogens (tertiary/aromatic N) is 4. The Bertz CT molecular complexity index is 2320. The first-order valence-electron chi connectivity index (χ1n) is 16.3. The number of halogens is 2. The van der Waals surface area contributed by atoms with Crippen molar-refractivity contribution in [1.29, 1.82) is 0 Å². The summed E-state index contributed by atoms with van der Waals surface area (Å²) in [7, 11) is -4.37. The third-order valence-electron chi connectivity index (χ3n) is 9.63. The molecule has 1 unspecified atom stereocenters. The lowest BCUT2D eigenvalue weighted by Crippen LogP contribution is -2.44. The van der Waals surface area contributed by atoms with Gasteiger partial charge in [0.25, 0.3) is 5.91 Å². The number of piperidine rings is 2. The van der Waals surface area contributed by atoms with E-state index in [1.165, 1.54) is 27.3 Å². The molecule has 4 aromatic rings. The summed E-state index contributed by atoms with van der Waals surface area (Å²) < 4.78 is 60.7. The molecule has 3 aromatic carbocycles. The molecule has 4 heterocycles. The molecule has 7 rings (SSSR count). The van der Waals surface area contributed by atoms with Gasteiger partial charge in [0.05, 0.1) is 17.6 Å². The van der Waals surface area contributed by atoms with Gasteiger partial charge in [0.2, 0.25) is 17.7 Å². The molecule has 0 radical (unpaired) electrons. The van der Waals surface area contributed by atoms with Crippen LogP contribution in [-0.2, 0) is 35.9 Å². The number of carbonyl (C=O) groups excluding carboxylic acids is 4. The second-order valence-corrected chi connectivity index (χ2v) is 14.4. The number of anilines is 2. The van der Waals surface area contributed by atoms with Crippen molar-refractivity contribution in [2.75, 3.05) is 35.8 Å². The summed E-state index contributed by atoms with van der Waals surface area (Å²) in [6, 6.07) is 9.61. The molecule has 3 saturated heterocycles. The first-order chi connectivity index (χ1) is 24.2. The van der Waals surface area contributed by atoms with E-state index in [9.17, 15) is 37.5 Å². The molecule has 3 aliphatic heterocycles. The molecule has 18 heteroatoms. The Morgan fingerprint density at radius 1 is 1.04 bits per heavy atom. The van der Waals surface area contributed by atoms with Crippen LogP contribution in [0.1, 0.15) is 43.7 Å². The van der Waals surface area contributed by atoms with E-state index >= 15 is 8.78 Å². The highest BCUT2D eigenvalue weighted by molar-refractivity contribution is 7.92. The van der Waals surface area contributed by atoms with E-state index in [1.807, 2.05) is 0 Å². The molecule has 268 valence electrons. The Morgan fingerprint density at radius 3 is 2.51 bits per heavy atom. The van der Waals surface area contributed by atoms with Gasteiger partial charge in [-0.3, -0.25) is 38.5 Å². The molecule has 3 atom stereocenters. The topological polar surface area (TPSA) is 192 Å². The summed E-state index contributed by atoms with van der Waals surface area (Å²) in [5.41, 5.74) is 0.962. The predicted octanol–water partition coefficient (Wildman–Crippen LogP) is 1.75. The predicted molar refractivity (Wildman–Crippen MR) is 181 cm³/mol. The van der Waals surface area contributed by atoms with Crippen LogP contribution in [0.2, 0.25) is 0 Å². The first kappa shape index (κ1) is 34.1. The molecule has 4 N–H and O–H groups in total. The fourth-order valence-corrected chi connectivity index (χ4v) is 8.42. The smallest absolute Gasteiger partial charge is 0.329 e. The third kappa shape index (κ3) is 6.07. The first-order valence-corrected chi connectivity index (χ1v) is 17.7. The van der Waals surface area contributed by atoms with Crippen LogP contribution in [0.3, 0.4) is 0 Å². The fourth-order valence-electron chi connectivity index (χ4n) is 7.25. The molecular weight excluding hydrogens is 692 g/mol. The maximum absolute atomic E-state index is 15.7. The Hall–Kier alpha value is -5.36. The number of aromatic nitrogens is 2. The van der Waals surface area contributed by atoms with E-state index in [4.69, 9.17) is 0 Å². The molecule has 4 amide bonds. The Balaban J connectivity index is 1.03. The average molecular weight is 726 g/mol. The van der Waals surface area contributed by atoms with Gasteiger partial charge in [-0.25, -0.2) is 22.6 Å². The van der Waals surface area contributed by atoms with Crippen LogP contribution in [-0.4, -0.2) is 83.5 Å². The summed E-state index contributed by atoms with van der Waals surface area (Å²) in [5.74, 6) is -4.55. The number of carbonyl (C=O) groups is 4. The van der Waals surface area contributed by atoms with Crippen molar-refractivity contribution in [3.8, 4) is 5.75 Å². The van der Waals surface area contributed by atoms with Crippen LogP contribution in [0.15, 0.2) is 47.3 Å². The lowest BCUT2D eigenvalue weighted by Gasteiger charge is -2.34. The van der Waals surface area contributed by atoms with Gasteiger partial charge in [0.15, 0.2) is 5.82 Å². The van der Waals surface area contributed by atoms with E-state index in [0.29, 0.717) is 40.4 Å². The summed E-state index contributed by atoms with van der Waals surface area (Å²) in [6.07, 6.45) is -0.638. The number of aromatic hydroxyl groups is 1. The zero-order valence-electron chi connectivity index (χ0n) is 27.2. The van der Waals surface area contributed by atoms with Gasteiger partial charge in [0, 0.05) is 36.5 Å². The number of rotatable bonds is 7. The number of benzene rings is 3. The number of likely N-dealkylation sites (tertiary alicyclic amines) is 1. The highest BCUT2D eigenvalue weighted by atomic mass is 32.2. The standard InChI is InChI=1S/C33H33F2N7O8S/c1-2-40-25-12-17(3-6-23(25)42(33(40)48)24-7-8-27(44)37-32(24)47)20-9-10-39(14-22(20)34)15-28(45)36-19-4-5-21-18(11-19)13-26(43)31(30(21)35)41-16-29(46)38-51(41,49)50/h3-6,11-13,20,22,24,43H,2,7-10,14-16H2,1H3,(H,36,45)(H,38,46)(H,37,44,47)/t20-,22+,24?/m0/s1. The van der Waals surface area contributed by atoms with Crippen LogP contribution in [0.4, 0.5) is 20.2 Å². The van der Waals surface area contributed by atoms with Crippen molar-refractivity contribution in [2.45, 2.75) is 50.9 Å². The van der Waals surface area contributed by atoms with Crippen LogP contribution < -0.4 is 25.4 Å². The summed E-state index contributed by atoms with van der Waals surface area (Å²) in [6.45, 7) is 1.64. The number of fused-ring (bicyclic) bond motifs is 2. The van der Waals surface area contributed by atoms with Gasteiger partial charge >= 0.3 is 15.9 Å². The lowest BCUT2D eigenvalue weighted by atomic mass is 9.87. The number of nitrogens with one attached hydrogen (secondary N) is 3. The largest absolute Gasteiger partial charge is 0.506 e. The van der Waals surface area contributed by atoms with E-state index < -0.39 is 69.9 Å². The van der Waals surface area contributed by atoms with E-state index in [2.05, 4.69) is 10.6 Å². The molecule has 3 aliphatic rings. The number of phenolic OH excluding ortho intramolecular Hbond substituents is 1. The quantitative estimate of drug-likeness (QED) is 0.206. The van der Waals surface area contributed by atoms with Crippen LogP contribution in [0.5, 0.6) is 5.75 Å². The summed E-state index contributed by atoms with van der Waals surface area (Å²) in [4.78, 5) is 63.9. The number of hydrogen-bond acceptors (Lipinski definition) is 9. The molecular formula is C33H33F2N7O8S. The number of imidazole rings is 1. The minimum atomic E-state index is -4.37. The molecule has 1 aromatic heterocycles. The zero-order chi connectivity index (χ0) is 36.4. The average Bonchev–Trinajstić information content (AvgIpc) is 3.49. The van der Waals surface area contributed by atoms with Crippen molar-refractivity contribution in [3.05, 3.63) is 64.3 Å². The molecule has 3 fully saturated rings. The highest BCUT2D eigenvalue weighted by Crippen LogP contribution is 2.39. The molecule has 0 saturated carbocycles. The van der Waals surface area contributed by atoms with Crippen LogP contribution in [0.25, 0.3) is 21.8 Å². The number of aryl methyl sites for hydroxylation is 1. The number of amides is 4. The second-order valence-electron chi connectivity index (χ2n) is 12.8. The van der Waals surface area contributed by atoms with Crippen LogP contribution in [0, 0.1) is 5.82 Å². The van der Waals surface area contributed by atoms with Gasteiger partial charge in [-0.1, -0.05) is 6.07 Å². The van der Waals surface area contributed by atoms with Gasteiger partial charge in [-0.05, 0) is 73.7 Å². The maximum Gasteiger partial charge on any atom is 0.329 e. The second kappa shape index (κ2) is 12.8. The highest BCUT2D eigenvalue weighted by Gasteiger charge is 2.38. The van der Waals surface area contributed by atoms with Gasteiger partial charge in [-0.15, -0.1) is 0 Å². The van der Waals surface area contributed by atoms with E-state index in [1.54, 1.807) is 34.7 Å². The summed E-state index contributed by atoms with van der Waals surface area (Å²) >= 11 is 0. The molecule has 0 bridgehead atoms. The number of alkyl halides is 1. The number of phenols is 1. The lowest BCUT2D eigenvalue weighted by molar-refractivity contribution is -0.135. The van der Waals surface area contributed by atoms with Gasteiger partial charge in [0.1, 0.15) is 30.2 Å². The normalized spacial score (nSPS) is 22.4. The Labute approximate surface area is 289 Å². The number of hydrogen-bond donors (Lipinski definition) is 4. The minimum absolute atomic E-state index is 0.0374. The minimum Gasteiger partial charge on any atom is -0.506 e.